The highest BCUT2D eigenvalue weighted by Gasteiger charge is 2.16. The summed E-state index contributed by atoms with van der Waals surface area (Å²) in [6, 6.07) is 0. The summed E-state index contributed by atoms with van der Waals surface area (Å²) in [6.07, 6.45) is 0.889. The van der Waals surface area contributed by atoms with Crippen LogP contribution in [-0.2, 0) is 9.84 Å². The molecule has 0 saturated carbocycles. The SMILES string of the molecule is CC(Cl)CCN(C)CCS(=O)(=O)C(C)C. The van der Waals surface area contributed by atoms with Crippen molar-refractivity contribution in [3.05, 3.63) is 0 Å². The second-order valence-corrected chi connectivity index (χ2v) is 7.71. The van der Waals surface area contributed by atoms with E-state index in [1.54, 1.807) is 13.8 Å². The Morgan fingerprint density at radius 1 is 1.20 bits per heavy atom. The molecule has 15 heavy (non-hydrogen) atoms. The van der Waals surface area contributed by atoms with E-state index in [0.29, 0.717) is 6.54 Å². The minimum absolute atomic E-state index is 0.147. The molecule has 0 aliphatic carbocycles. The van der Waals surface area contributed by atoms with Crippen LogP contribution in [0.1, 0.15) is 27.2 Å². The molecule has 0 saturated heterocycles. The maximum Gasteiger partial charge on any atom is 0.153 e. The molecular formula is C10H22ClNO2S. The van der Waals surface area contributed by atoms with E-state index < -0.39 is 9.84 Å². The number of halogens is 1. The summed E-state index contributed by atoms with van der Waals surface area (Å²) in [5, 5.41) is -0.132. The summed E-state index contributed by atoms with van der Waals surface area (Å²) < 4.78 is 23.0. The molecule has 0 aliphatic heterocycles. The van der Waals surface area contributed by atoms with Crippen LogP contribution in [0.25, 0.3) is 0 Å². The zero-order valence-corrected chi connectivity index (χ0v) is 11.6. The van der Waals surface area contributed by atoms with Crippen LogP contribution in [0.2, 0.25) is 0 Å². The van der Waals surface area contributed by atoms with Gasteiger partial charge in [0.2, 0.25) is 0 Å². The summed E-state index contributed by atoms with van der Waals surface area (Å²) in [6.45, 7) is 6.81. The van der Waals surface area contributed by atoms with Crippen LogP contribution in [0.5, 0.6) is 0 Å². The topological polar surface area (TPSA) is 37.4 Å². The lowest BCUT2D eigenvalue weighted by Crippen LogP contribution is -2.30. The highest BCUT2D eigenvalue weighted by atomic mass is 35.5. The van der Waals surface area contributed by atoms with Crippen molar-refractivity contribution in [2.45, 2.75) is 37.8 Å². The van der Waals surface area contributed by atoms with E-state index in [1.807, 2.05) is 18.9 Å². The van der Waals surface area contributed by atoms with E-state index in [2.05, 4.69) is 0 Å². The Labute approximate surface area is 98.7 Å². The molecule has 0 aliphatic rings. The van der Waals surface area contributed by atoms with E-state index in [1.165, 1.54) is 0 Å². The van der Waals surface area contributed by atoms with Gasteiger partial charge in [-0.3, -0.25) is 0 Å². The van der Waals surface area contributed by atoms with Gasteiger partial charge in [0, 0.05) is 11.9 Å². The smallest absolute Gasteiger partial charge is 0.153 e. The molecule has 5 heteroatoms. The number of rotatable bonds is 7. The molecule has 0 aromatic rings. The third-order valence-corrected chi connectivity index (χ3v) is 4.79. The van der Waals surface area contributed by atoms with Gasteiger partial charge < -0.3 is 4.90 Å². The third kappa shape index (κ3) is 7.14. The van der Waals surface area contributed by atoms with Gasteiger partial charge in [-0.2, -0.15) is 0 Å². The van der Waals surface area contributed by atoms with E-state index in [-0.39, 0.29) is 16.4 Å². The molecule has 0 N–H and O–H groups in total. The van der Waals surface area contributed by atoms with Crippen molar-refractivity contribution >= 4 is 21.4 Å². The van der Waals surface area contributed by atoms with Gasteiger partial charge >= 0.3 is 0 Å². The second kappa shape index (κ2) is 6.71. The minimum atomic E-state index is -2.91. The fourth-order valence-corrected chi connectivity index (χ4v) is 2.16. The van der Waals surface area contributed by atoms with Gasteiger partial charge in [0.05, 0.1) is 11.0 Å². The van der Waals surface area contributed by atoms with Gasteiger partial charge in [0.1, 0.15) is 0 Å². The van der Waals surface area contributed by atoms with Gasteiger partial charge in [-0.15, -0.1) is 11.6 Å². The first-order valence-corrected chi connectivity index (χ1v) is 7.45. The van der Waals surface area contributed by atoms with Gasteiger partial charge in [0.25, 0.3) is 0 Å². The average Bonchev–Trinajstić information content (AvgIpc) is 2.11. The predicted molar refractivity (Wildman–Crippen MR) is 66.4 cm³/mol. The summed E-state index contributed by atoms with van der Waals surface area (Å²) in [5.41, 5.74) is 0. The fraction of sp³-hybridized carbons (Fsp3) is 1.00. The fourth-order valence-electron chi connectivity index (χ4n) is 1.03. The van der Waals surface area contributed by atoms with Crippen molar-refractivity contribution < 1.29 is 8.42 Å². The first kappa shape index (κ1) is 15.2. The van der Waals surface area contributed by atoms with Crippen molar-refractivity contribution in [1.82, 2.24) is 4.90 Å². The average molecular weight is 256 g/mol. The van der Waals surface area contributed by atoms with Crippen LogP contribution in [0.15, 0.2) is 0 Å². The van der Waals surface area contributed by atoms with Gasteiger partial charge in [-0.05, 0) is 40.8 Å². The molecule has 0 aromatic heterocycles. The van der Waals surface area contributed by atoms with E-state index >= 15 is 0 Å². The zero-order chi connectivity index (χ0) is 12.1. The molecule has 0 radical (unpaired) electrons. The number of nitrogens with zero attached hydrogens (tertiary/aromatic N) is 1. The molecule has 0 aromatic carbocycles. The molecule has 1 unspecified atom stereocenters. The van der Waals surface area contributed by atoms with Crippen LogP contribution in [0.4, 0.5) is 0 Å². The lowest BCUT2D eigenvalue weighted by Gasteiger charge is -2.17. The van der Waals surface area contributed by atoms with E-state index in [4.69, 9.17) is 11.6 Å². The normalized spacial score (nSPS) is 14.9. The van der Waals surface area contributed by atoms with Crippen molar-refractivity contribution in [2.24, 2.45) is 0 Å². The molecule has 0 fully saturated rings. The minimum Gasteiger partial charge on any atom is -0.305 e. The molecule has 3 nitrogen and oxygen atoms in total. The monoisotopic (exact) mass is 255 g/mol. The first-order valence-electron chi connectivity index (χ1n) is 5.30. The molecule has 0 amide bonds. The number of alkyl halides is 1. The first-order chi connectivity index (χ1) is 6.75. The lowest BCUT2D eigenvalue weighted by atomic mass is 10.3. The van der Waals surface area contributed by atoms with Crippen molar-refractivity contribution in [3.63, 3.8) is 0 Å². The van der Waals surface area contributed by atoms with E-state index in [9.17, 15) is 8.42 Å². The predicted octanol–water partition coefficient (Wildman–Crippen LogP) is 1.76. The quantitative estimate of drug-likeness (QED) is 0.651. The molecule has 0 spiro atoms. The molecule has 0 heterocycles. The molecule has 1 atom stereocenters. The van der Waals surface area contributed by atoms with Crippen LogP contribution in [0.3, 0.4) is 0 Å². The standard InChI is InChI=1S/C10H22ClNO2S/c1-9(2)15(13,14)8-7-12(4)6-5-10(3)11/h9-10H,5-8H2,1-4H3. The number of sulfone groups is 1. The summed E-state index contributed by atoms with van der Waals surface area (Å²) >= 11 is 5.82. The highest BCUT2D eigenvalue weighted by Crippen LogP contribution is 2.03. The van der Waals surface area contributed by atoms with Crippen molar-refractivity contribution in [2.75, 3.05) is 25.9 Å². The Hall–Kier alpha value is 0.200. The van der Waals surface area contributed by atoms with Gasteiger partial charge in [0.15, 0.2) is 9.84 Å². The summed E-state index contributed by atoms with van der Waals surface area (Å²) in [5.74, 6) is 0.234. The van der Waals surface area contributed by atoms with Crippen LogP contribution >= 0.6 is 11.6 Å². The Morgan fingerprint density at radius 3 is 2.13 bits per heavy atom. The Morgan fingerprint density at radius 2 is 1.73 bits per heavy atom. The van der Waals surface area contributed by atoms with Crippen LogP contribution in [-0.4, -0.2) is 49.8 Å². The van der Waals surface area contributed by atoms with Crippen molar-refractivity contribution in [1.29, 1.82) is 0 Å². The lowest BCUT2D eigenvalue weighted by molar-refractivity contribution is 0.347. The second-order valence-electron chi connectivity index (χ2n) is 4.29. The summed E-state index contributed by atoms with van der Waals surface area (Å²) in [7, 11) is -0.981. The van der Waals surface area contributed by atoms with Crippen LogP contribution in [0, 0.1) is 0 Å². The van der Waals surface area contributed by atoms with E-state index in [0.717, 1.165) is 13.0 Å². The van der Waals surface area contributed by atoms with Crippen LogP contribution < -0.4 is 0 Å². The summed E-state index contributed by atoms with van der Waals surface area (Å²) in [4.78, 5) is 2.01. The Bertz CT molecular complexity index is 263. The maximum absolute atomic E-state index is 11.5. The maximum atomic E-state index is 11.5. The number of hydrogen-bond acceptors (Lipinski definition) is 3. The van der Waals surface area contributed by atoms with Gasteiger partial charge in [-0.1, -0.05) is 0 Å². The van der Waals surface area contributed by atoms with Gasteiger partial charge in [-0.25, -0.2) is 8.42 Å². The molecular weight excluding hydrogens is 234 g/mol. The largest absolute Gasteiger partial charge is 0.305 e. The highest BCUT2D eigenvalue weighted by molar-refractivity contribution is 7.92. The molecule has 0 rings (SSSR count). The Balaban J connectivity index is 3.86. The molecule has 92 valence electrons. The van der Waals surface area contributed by atoms with Crippen molar-refractivity contribution in [3.8, 4) is 0 Å². The third-order valence-electron chi connectivity index (χ3n) is 2.38. The zero-order valence-electron chi connectivity index (χ0n) is 10.0. The molecule has 0 bridgehead atoms. The Kier molecular flexibility index (Phi) is 6.80. The number of hydrogen-bond donors (Lipinski definition) is 0.